The normalized spacial score (nSPS) is 14.4. The number of benzene rings is 3. The molecule has 2 nitrogen and oxygen atoms in total. The Bertz CT molecular complexity index is 1050. The van der Waals surface area contributed by atoms with Gasteiger partial charge in [-0.2, -0.15) is 0 Å². The minimum absolute atomic E-state index is 0.274. The van der Waals surface area contributed by atoms with Gasteiger partial charge in [0.1, 0.15) is 6.61 Å². The molecule has 0 atom stereocenters. The molecule has 27 heavy (non-hydrogen) atoms. The maximum Gasteiger partial charge on any atom is 0.188 e. The fraction of sp³-hybridized carbons (Fsp3) is 0.125. The molecule has 0 bridgehead atoms. The number of fused-ring (bicyclic) bond motifs is 2. The summed E-state index contributed by atoms with van der Waals surface area (Å²) in [4.78, 5) is 11.9. The highest BCUT2D eigenvalue weighted by atomic mass is 35.5. The van der Waals surface area contributed by atoms with Gasteiger partial charge in [-0.15, -0.1) is 0 Å². The zero-order valence-corrected chi connectivity index (χ0v) is 15.5. The maximum absolute atomic E-state index is 11.9. The number of aryl methyl sites for hydroxylation is 2. The van der Waals surface area contributed by atoms with Crippen molar-refractivity contribution in [1.82, 2.24) is 0 Å². The third-order valence-electron chi connectivity index (χ3n) is 4.99. The number of carbonyl (C=O) groups excluding carboxylic acids is 1. The van der Waals surface area contributed by atoms with E-state index in [-0.39, 0.29) is 5.78 Å². The Morgan fingerprint density at radius 3 is 2.56 bits per heavy atom. The Balaban J connectivity index is 1.91. The first-order valence-corrected chi connectivity index (χ1v) is 9.36. The van der Waals surface area contributed by atoms with Crippen molar-refractivity contribution in [3.05, 3.63) is 105 Å². The van der Waals surface area contributed by atoms with Crippen LogP contribution in [0, 0.1) is 0 Å². The minimum atomic E-state index is -0.482. The standard InChI is InChI=1S/C24H19ClO2/c25-20-10-11-22-18(14-20)9-8-17-5-1-2-7-21(17)23(22)13-16-4-3-6-19(12-16)24(27)15-26/h1-7,10-14,26H,8-9,15H2/b23-13-. The second-order valence-corrected chi connectivity index (χ2v) is 7.16. The third kappa shape index (κ3) is 3.59. The molecule has 134 valence electrons. The van der Waals surface area contributed by atoms with Crippen LogP contribution in [-0.4, -0.2) is 17.5 Å². The van der Waals surface area contributed by atoms with Crippen LogP contribution in [0.5, 0.6) is 0 Å². The second-order valence-electron chi connectivity index (χ2n) is 6.72. The van der Waals surface area contributed by atoms with Crippen LogP contribution in [0.1, 0.15) is 38.2 Å². The molecular weight excluding hydrogens is 356 g/mol. The van der Waals surface area contributed by atoms with E-state index in [9.17, 15) is 4.79 Å². The smallest absolute Gasteiger partial charge is 0.188 e. The molecule has 0 radical (unpaired) electrons. The molecule has 0 amide bonds. The van der Waals surface area contributed by atoms with Gasteiger partial charge < -0.3 is 5.11 Å². The van der Waals surface area contributed by atoms with Crippen LogP contribution >= 0.6 is 11.6 Å². The Morgan fingerprint density at radius 1 is 0.926 bits per heavy atom. The van der Waals surface area contributed by atoms with Gasteiger partial charge in [0.2, 0.25) is 0 Å². The molecule has 0 spiro atoms. The highest BCUT2D eigenvalue weighted by molar-refractivity contribution is 6.30. The number of carbonyl (C=O) groups is 1. The quantitative estimate of drug-likeness (QED) is 0.639. The SMILES string of the molecule is O=C(CO)c1cccc(/C=C2/c3ccccc3CCc3cc(Cl)ccc32)c1. The van der Waals surface area contributed by atoms with E-state index in [2.05, 4.69) is 36.4 Å². The van der Waals surface area contributed by atoms with Crippen molar-refractivity contribution < 1.29 is 9.90 Å². The van der Waals surface area contributed by atoms with Crippen molar-refractivity contribution >= 4 is 29.0 Å². The third-order valence-corrected chi connectivity index (χ3v) is 5.23. The van der Waals surface area contributed by atoms with Gasteiger partial charge in [-0.05, 0) is 70.5 Å². The monoisotopic (exact) mass is 374 g/mol. The van der Waals surface area contributed by atoms with Gasteiger partial charge in [0.15, 0.2) is 5.78 Å². The first-order valence-electron chi connectivity index (χ1n) is 8.98. The van der Waals surface area contributed by atoms with Crippen LogP contribution in [0.15, 0.2) is 66.7 Å². The molecule has 0 saturated heterocycles. The van der Waals surface area contributed by atoms with E-state index in [1.54, 1.807) is 6.07 Å². The van der Waals surface area contributed by atoms with Crippen LogP contribution in [-0.2, 0) is 12.8 Å². The van der Waals surface area contributed by atoms with Gasteiger partial charge in [-0.25, -0.2) is 0 Å². The Morgan fingerprint density at radius 2 is 1.70 bits per heavy atom. The van der Waals surface area contributed by atoms with E-state index in [0.29, 0.717) is 5.56 Å². The summed E-state index contributed by atoms with van der Waals surface area (Å²) < 4.78 is 0. The largest absolute Gasteiger partial charge is 0.388 e. The van der Waals surface area contributed by atoms with Gasteiger partial charge in [0.05, 0.1) is 0 Å². The predicted octanol–water partition coefficient (Wildman–Crippen LogP) is 5.20. The topological polar surface area (TPSA) is 37.3 Å². The fourth-order valence-corrected chi connectivity index (χ4v) is 3.86. The lowest BCUT2D eigenvalue weighted by molar-refractivity contribution is 0.0903. The van der Waals surface area contributed by atoms with E-state index >= 15 is 0 Å². The number of aliphatic hydroxyl groups excluding tert-OH is 1. The van der Waals surface area contributed by atoms with Crippen molar-refractivity contribution in [3.63, 3.8) is 0 Å². The molecule has 0 fully saturated rings. The minimum Gasteiger partial charge on any atom is -0.388 e. The number of halogens is 1. The van der Waals surface area contributed by atoms with Gasteiger partial charge in [0.25, 0.3) is 0 Å². The van der Waals surface area contributed by atoms with Gasteiger partial charge in [0, 0.05) is 10.6 Å². The highest BCUT2D eigenvalue weighted by Gasteiger charge is 2.18. The van der Waals surface area contributed by atoms with Crippen LogP contribution in [0.25, 0.3) is 11.6 Å². The summed E-state index contributed by atoms with van der Waals surface area (Å²) in [5.41, 5.74) is 7.49. The number of aliphatic hydroxyl groups is 1. The van der Waals surface area contributed by atoms with Crippen molar-refractivity contribution in [2.24, 2.45) is 0 Å². The first kappa shape index (κ1) is 17.7. The maximum atomic E-state index is 11.9. The molecule has 3 aromatic rings. The van der Waals surface area contributed by atoms with Crippen LogP contribution in [0.4, 0.5) is 0 Å². The number of hydrogen-bond donors (Lipinski definition) is 1. The zero-order chi connectivity index (χ0) is 18.8. The second kappa shape index (κ2) is 7.51. The molecule has 0 aromatic heterocycles. The lowest BCUT2D eigenvalue weighted by Gasteiger charge is -2.13. The summed E-state index contributed by atoms with van der Waals surface area (Å²) in [6.45, 7) is -0.482. The molecule has 1 N–H and O–H groups in total. The molecule has 0 aliphatic heterocycles. The molecule has 4 rings (SSSR count). The van der Waals surface area contributed by atoms with Crippen molar-refractivity contribution in [2.45, 2.75) is 12.8 Å². The van der Waals surface area contributed by atoms with Crippen molar-refractivity contribution in [3.8, 4) is 0 Å². The van der Waals surface area contributed by atoms with Crippen LogP contribution < -0.4 is 0 Å². The molecule has 3 aromatic carbocycles. The van der Waals surface area contributed by atoms with Crippen molar-refractivity contribution in [2.75, 3.05) is 6.61 Å². The predicted molar refractivity (Wildman–Crippen MR) is 110 cm³/mol. The molecule has 3 heteroatoms. The summed E-state index contributed by atoms with van der Waals surface area (Å²) in [6, 6.07) is 21.9. The number of hydrogen-bond acceptors (Lipinski definition) is 2. The molecule has 0 saturated carbocycles. The Labute approximate surface area is 163 Å². The first-order chi connectivity index (χ1) is 13.2. The summed E-state index contributed by atoms with van der Waals surface area (Å²) in [6.07, 6.45) is 4.02. The van der Waals surface area contributed by atoms with E-state index in [1.807, 2.05) is 30.3 Å². The number of Topliss-reactive ketones (excluding diaryl/α,β-unsaturated/α-hetero) is 1. The summed E-state index contributed by atoms with van der Waals surface area (Å²) in [5.74, 6) is -0.274. The Kier molecular flexibility index (Phi) is 4.93. The average molecular weight is 375 g/mol. The Hall–Kier alpha value is -2.68. The van der Waals surface area contributed by atoms with Crippen LogP contribution in [0.2, 0.25) is 5.02 Å². The highest BCUT2D eigenvalue weighted by Crippen LogP contribution is 2.36. The lowest BCUT2D eigenvalue weighted by atomic mass is 9.92. The lowest BCUT2D eigenvalue weighted by Crippen LogP contribution is -2.04. The van der Waals surface area contributed by atoms with E-state index in [0.717, 1.165) is 29.0 Å². The fourth-order valence-electron chi connectivity index (χ4n) is 3.66. The summed E-state index contributed by atoms with van der Waals surface area (Å²) >= 11 is 6.24. The van der Waals surface area contributed by atoms with Gasteiger partial charge in [-0.1, -0.05) is 60.1 Å². The summed E-state index contributed by atoms with van der Waals surface area (Å²) in [7, 11) is 0. The van der Waals surface area contributed by atoms with E-state index in [1.165, 1.54) is 22.3 Å². The number of ketones is 1. The molecule has 1 aliphatic carbocycles. The average Bonchev–Trinajstić information content (AvgIpc) is 2.85. The van der Waals surface area contributed by atoms with Gasteiger partial charge in [-0.3, -0.25) is 4.79 Å². The zero-order valence-electron chi connectivity index (χ0n) is 14.8. The molecule has 0 heterocycles. The molecule has 0 unspecified atom stereocenters. The number of rotatable bonds is 3. The van der Waals surface area contributed by atoms with E-state index in [4.69, 9.17) is 16.7 Å². The molecule has 1 aliphatic rings. The van der Waals surface area contributed by atoms with Crippen LogP contribution in [0.3, 0.4) is 0 Å². The van der Waals surface area contributed by atoms with Gasteiger partial charge >= 0.3 is 0 Å². The van der Waals surface area contributed by atoms with Crippen molar-refractivity contribution in [1.29, 1.82) is 0 Å². The summed E-state index contributed by atoms with van der Waals surface area (Å²) in [5, 5.41) is 9.89. The molecular formula is C24H19ClO2. The van der Waals surface area contributed by atoms with E-state index < -0.39 is 6.61 Å².